The molecule has 6 nitrogen and oxygen atoms in total. The van der Waals surface area contributed by atoms with Gasteiger partial charge in [-0.25, -0.2) is 0 Å². The van der Waals surface area contributed by atoms with Crippen LogP contribution in [0.1, 0.15) is 25.8 Å². The van der Waals surface area contributed by atoms with Crippen LogP contribution in [0.25, 0.3) is 22.8 Å². The van der Waals surface area contributed by atoms with E-state index in [4.69, 9.17) is 21.9 Å². The lowest BCUT2D eigenvalue weighted by atomic mass is 10.1. The number of benzene rings is 2. The van der Waals surface area contributed by atoms with Gasteiger partial charge in [-0.1, -0.05) is 54.9 Å². The van der Waals surface area contributed by atoms with Gasteiger partial charge >= 0.3 is 0 Å². The largest absolute Gasteiger partial charge is 0.334 e. The van der Waals surface area contributed by atoms with Gasteiger partial charge in [-0.3, -0.25) is 4.79 Å². The van der Waals surface area contributed by atoms with Crippen LogP contribution in [0.2, 0.25) is 5.02 Å². The molecule has 148 valence electrons. The smallest absolute Gasteiger partial charge is 0.259 e. The minimum atomic E-state index is -0.0514. The minimum Gasteiger partial charge on any atom is -0.334 e. The zero-order valence-corrected chi connectivity index (χ0v) is 17.2. The lowest BCUT2D eigenvalue weighted by Crippen LogP contribution is -2.13. The molecular weight excluding hydrogens is 399 g/mol. The molecule has 0 atom stereocenters. The number of anilines is 1. The topological polar surface area (TPSA) is 94.0 Å². The first-order chi connectivity index (χ1) is 13.0. The number of halogens is 2. The van der Waals surface area contributed by atoms with Gasteiger partial charge in [0.05, 0.1) is 10.6 Å². The van der Waals surface area contributed by atoms with E-state index in [0.717, 1.165) is 11.1 Å². The molecule has 0 spiro atoms. The van der Waals surface area contributed by atoms with E-state index in [-0.39, 0.29) is 30.1 Å². The summed E-state index contributed by atoms with van der Waals surface area (Å²) >= 11 is 6.29. The van der Waals surface area contributed by atoms with Crippen LogP contribution in [0.5, 0.6) is 0 Å². The first kappa shape index (κ1) is 21.9. The van der Waals surface area contributed by atoms with Gasteiger partial charge in [0.1, 0.15) is 0 Å². The quantitative estimate of drug-likeness (QED) is 0.589. The van der Waals surface area contributed by atoms with Gasteiger partial charge in [0.15, 0.2) is 0 Å². The Morgan fingerprint density at radius 1 is 1.21 bits per heavy atom. The molecule has 8 heteroatoms. The molecule has 0 fully saturated rings. The summed E-state index contributed by atoms with van der Waals surface area (Å²) in [7, 11) is 0. The number of rotatable bonds is 6. The fourth-order valence-corrected chi connectivity index (χ4v) is 2.79. The fraction of sp³-hybridized carbons (Fsp3) is 0.250. The minimum absolute atomic E-state index is 0. The van der Waals surface area contributed by atoms with Crippen molar-refractivity contribution in [1.29, 1.82) is 0 Å². The van der Waals surface area contributed by atoms with Crippen molar-refractivity contribution in [3.63, 3.8) is 0 Å². The molecule has 0 unspecified atom stereocenters. The van der Waals surface area contributed by atoms with Crippen molar-refractivity contribution in [2.75, 3.05) is 5.32 Å². The Balaban J connectivity index is 0.00000280. The Hall–Kier alpha value is -2.41. The Bertz CT molecular complexity index is 940. The van der Waals surface area contributed by atoms with Crippen molar-refractivity contribution < 1.29 is 9.32 Å². The second-order valence-electron chi connectivity index (χ2n) is 6.66. The first-order valence-electron chi connectivity index (χ1n) is 8.69. The molecule has 0 saturated heterocycles. The van der Waals surface area contributed by atoms with Crippen molar-refractivity contribution in [1.82, 2.24) is 10.1 Å². The maximum Gasteiger partial charge on any atom is 0.259 e. The third-order valence-corrected chi connectivity index (χ3v) is 4.28. The molecule has 0 aliphatic heterocycles. The van der Waals surface area contributed by atoms with Crippen molar-refractivity contribution in [2.24, 2.45) is 11.7 Å². The van der Waals surface area contributed by atoms with Crippen LogP contribution in [0.4, 0.5) is 5.69 Å². The van der Waals surface area contributed by atoms with Gasteiger partial charge in [0, 0.05) is 24.2 Å². The van der Waals surface area contributed by atoms with Gasteiger partial charge in [-0.05, 0) is 29.7 Å². The molecule has 0 bridgehead atoms. The Morgan fingerprint density at radius 2 is 1.93 bits per heavy atom. The molecule has 3 N–H and O–H groups in total. The van der Waals surface area contributed by atoms with E-state index >= 15 is 0 Å². The molecule has 1 amide bonds. The summed E-state index contributed by atoms with van der Waals surface area (Å²) in [6.45, 7) is 4.46. The lowest BCUT2D eigenvalue weighted by Gasteiger charge is -2.08. The van der Waals surface area contributed by atoms with Crippen LogP contribution in [-0.4, -0.2) is 16.0 Å². The van der Waals surface area contributed by atoms with E-state index in [9.17, 15) is 4.79 Å². The summed E-state index contributed by atoms with van der Waals surface area (Å²) in [5, 5.41) is 7.35. The number of carbonyl (C=O) groups is 1. The number of amides is 1. The molecule has 3 rings (SSSR count). The van der Waals surface area contributed by atoms with Crippen molar-refractivity contribution in [3.05, 3.63) is 53.1 Å². The van der Waals surface area contributed by atoms with Gasteiger partial charge in [0.25, 0.3) is 5.89 Å². The molecule has 0 radical (unpaired) electrons. The van der Waals surface area contributed by atoms with Crippen LogP contribution in [0, 0.1) is 5.92 Å². The van der Waals surface area contributed by atoms with Crippen LogP contribution in [-0.2, 0) is 11.3 Å². The second-order valence-corrected chi connectivity index (χ2v) is 7.07. The molecule has 28 heavy (non-hydrogen) atoms. The number of aromatic nitrogens is 2. The Labute approximate surface area is 174 Å². The molecule has 0 aliphatic carbocycles. The summed E-state index contributed by atoms with van der Waals surface area (Å²) in [5.41, 5.74) is 8.66. The number of hydrogen-bond acceptors (Lipinski definition) is 5. The monoisotopic (exact) mass is 420 g/mol. The van der Waals surface area contributed by atoms with Gasteiger partial charge in [-0.2, -0.15) is 4.98 Å². The second kappa shape index (κ2) is 9.68. The van der Waals surface area contributed by atoms with Gasteiger partial charge < -0.3 is 15.6 Å². The predicted octanol–water partition coefficient (Wildman–Crippen LogP) is 4.92. The number of nitrogens with one attached hydrogen (secondary N) is 1. The number of hydrogen-bond donors (Lipinski definition) is 2. The van der Waals surface area contributed by atoms with Crippen molar-refractivity contribution >= 4 is 35.6 Å². The van der Waals surface area contributed by atoms with E-state index in [1.54, 1.807) is 18.2 Å². The number of nitrogens with zero attached hydrogens (tertiary/aromatic N) is 2. The van der Waals surface area contributed by atoms with E-state index < -0.39 is 0 Å². The highest BCUT2D eigenvalue weighted by molar-refractivity contribution is 6.33. The predicted molar refractivity (Wildman–Crippen MR) is 113 cm³/mol. The Morgan fingerprint density at radius 3 is 2.57 bits per heavy atom. The van der Waals surface area contributed by atoms with Crippen LogP contribution in [0.15, 0.2) is 47.0 Å². The Kier molecular flexibility index (Phi) is 7.57. The van der Waals surface area contributed by atoms with E-state index in [2.05, 4.69) is 15.5 Å². The van der Waals surface area contributed by atoms with Gasteiger partial charge in [-0.15, -0.1) is 12.4 Å². The maximum absolute atomic E-state index is 12.0. The normalized spacial score (nSPS) is 10.6. The van der Waals surface area contributed by atoms with Crippen molar-refractivity contribution in [2.45, 2.75) is 26.8 Å². The third kappa shape index (κ3) is 5.32. The zero-order chi connectivity index (χ0) is 19.4. The van der Waals surface area contributed by atoms with E-state index in [1.165, 1.54) is 0 Å². The highest BCUT2D eigenvalue weighted by atomic mass is 35.5. The molecule has 0 aliphatic rings. The summed E-state index contributed by atoms with van der Waals surface area (Å²) in [5.74, 6) is 0.974. The summed E-state index contributed by atoms with van der Waals surface area (Å²) in [6, 6.07) is 12.8. The molecule has 1 heterocycles. The maximum atomic E-state index is 12.0. The molecule has 3 aromatic rings. The lowest BCUT2D eigenvalue weighted by molar-refractivity contribution is -0.116. The van der Waals surface area contributed by atoms with Crippen LogP contribution in [0.3, 0.4) is 0 Å². The molecular formula is C20H22Cl2N4O2. The average Bonchev–Trinajstić information content (AvgIpc) is 3.12. The highest BCUT2D eigenvalue weighted by Gasteiger charge is 2.15. The van der Waals surface area contributed by atoms with Crippen LogP contribution >= 0.6 is 24.0 Å². The SMILES string of the molecule is CC(C)CC(=O)Nc1ccc(Cl)c(-c2nc(-c3ccc(CN)cc3)no2)c1.Cl. The fourth-order valence-electron chi connectivity index (χ4n) is 2.59. The molecule has 2 aromatic carbocycles. The number of nitrogens with two attached hydrogens (primary N) is 1. The number of carbonyl (C=O) groups excluding carboxylic acids is 1. The first-order valence-corrected chi connectivity index (χ1v) is 9.07. The third-order valence-electron chi connectivity index (χ3n) is 3.95. The average molecular weight is 421 g/mol. The molecule has 0 saturated carbocycles. The summed E-state index contributed by atoms with van der Waals surface area (Å²) < 4.78 is 5.38. The van der Waals surface area contributed by atoms with Crippen LogP contribution < -0.4 is 11.1 Å². The van der Waals surface area contributed by atoms with Gasteiger partial charge in [0.2, 0.25) is 11.7 Å². The standard InChI is InChI=1S/C20H21ClN4O2.ClH/c1-12(2)9-18(26)23-15-7-8-17(21)16(10-15)20-24-19(25-27-20)14-5-3-13(11-22)4-6-14;/h3-8,10,12H,9,11,22H2,1-2H3,(H,23,26);1H. The highest BCUT2D eigenvalue weighted by Crippen LogP contribution is 2.31. The van der Waals surface area contributed by atoms with E-state index in [1.807, 2.05) is 38.1 Å². The summed E-state index contributed by atoms with van der Waals surface area (Å²) in [4.78, 5) is 16.4. The summed E-state index contributed by atoms with van der Waals surface area (Å²) in [6.07, 6.45) is 0.446. The van der Waals surface area contributed by atoms with E-state index in [0.29, 0.717) is 35.1 Å². The van der Waals surface area contributed by atoms with Crippen molar-refractivity contribution in [3.8, 4) is 22.8 Å². The zero-order valence-electron chi connectivity index (χ0n) is 15.6. The molecule has 1 aromatic heterocycles.